The summed E-state index contributed by atoms with van der Waals surface area (Å²) >= 11 is 0. The number of nitrogens with one attached hydrogen (secondary N) is 2. The number of carbonyl (C=O) groups is 4. The third-order valence-corrected chi connectivity index (χ3v) is 3.29. The lowest BCUT2D eigenvalue weighted by molar-refractivity contribution is -0.147. The number of carboxylic acids is 1. The van der Waals surface area contributed by atoms with Crippen LogP contribution in [0.1, 0.15) is 27.7 Å². The van der Waals surface area contributed by atoms with E-state index in [9.17, 15) is 19.2 Å². The molecule has 0 spiro atoms. The molecule has 3 N–H and O–H groups in total. The van der Waals surface area contributed by atoms with Gasteiger partial charge in [0.05, 0.1) is 5.41 Å². The number of aliphatic carboxylic acids is 1. The molecule has 0 radical (unpaired) electrons. The van der Waals surface area contributed by atoms with Crippen molar-refractivity contribution in [3.63, 3.8) is 0 Å². The molecule has 4 amide bonds. The van der Waals surface area contributed by atoms with Crippen LogP contribution in [-0.2, 0) is 14.4 Å². The highest BCUT2D eigenvalue weighted by molar-refractivity contribution is 6.06. The Kier molecular flexibility index (Phi) is 4.07. The predicted octanol–water partition coefficient (Wildman–Crippen LogP) is -0.456. The summed E-state index contributed by atoms with van der Waals surface area (Å²) in [4.78, 5) is 47.2. The van der Waals surface area contributed by atoms with Gasteiger partial charge < -0.3 is 15.3 Å². The maximum Gasteiger partial charge on any atom is 0.318 e. The van der Waals surface area contributed by atoms with Crippen LogP contribution in [0.3, 0.4) is 0 Å². The number of rotatable bonds is 3. The van der Waals surface area contributed by atoms with Crippen molar-refractivity contribution in [1.82, 2.24) is 15.5 Å². The molecular weight excluding hydrogens is 266 g/mol. The molecule has 0 aromatic heterocycles. The van der Waals surface area contributed by atoms with Crippen LogP contribution in [0.4, 0.5) is 4.79 Å². The summed E-state index contributed by atoms with van der Waals surface area (Å²) in [5.41, 5.74) is -2.31. The highest BCUT2D eigenvalue weighted by atomic mass is 16.4. The molecule has 1 heterocycles. The lowest BCUT2D eigenvalue weighted by atomic mass is 9.94. The summed E-state index contributed by atoms with van der Waals surface area (Å²) in [5.74, 6) is -2.19. The van der Waals surface area contributed by atoms with Crippen LogP contribution in [0.2, 0.25) is 0 Å². The van der Waals surface area contributed by atoms with Gasteiger partial charge in [0.1, 0.15) is 12.1 Å². The Hall–Kier alpha value is -2.12. The van der Waals surface area contributed by atoms with Crippen molar-refractivity contribution in [1.29, 1.82) is 0 Å². The molecule has 0 bridgehead atoms. The molecule has 0 aromatic rings. The number of imide groups is 1. The highest BCUT2D eigenvalue weighted by Crippen LogP contribution is 2.19. The Bertz CT molecular complexity index is 470. The van der Waals surface area contributed by atoms with Gasteiger partial charge in [-0.25, -0.2) is 4.79 Å². The van der Waals surface area contributed by atoms with E-state index in [0.29, 0.717) is 0 Å². The van der Waals surface area contributed by atoms with E-state index in [2.05, 4.69) is 10.6 Å². The zero-order chi connectivity index (χ0) is 15.7. The van der Waals surface area contributed by atoms with E-state index in [1.165, 1.54) is 27.7 Å². The first kappa shape index (κ1) is 15.9. The van der Waals surface area contributed by atoms with Gasteiger partial charge in [-0.3, -0.25) is 19.7 Å². The van der Waals surface area contributed by atoms with Crippen molar-refractivity contribution in [3.05, 3.63) is 0 Å². The van der Waals surface area contributed by atoms with Gasteiger partial charge in [0, 0.05) is 6.54 Å². The normalized spacial score (nSPS) is 18.5. The minimum Gasteiger partial charge on any atom is -0.481 e. The molecule has 0 atom stereocenters. The predicted molar refractivity (Wildman–Crippen MR) is 68.8 cm³/mol. The standard InChI is InChI=1S/C12H19N3O5/c1-11(2,9(18)19)6-13-10(20)15-5-7(16)14-8(17)12(15,3)4/h5-6H2,1-4H3,(H,13,20)(H,18,19)(H,14,16,17). The Morgan fingerprint density at radius 1 is 1.40 bits per heavy atom. The van der Waals surface area contributed by atoms with Crippen LogP contribution in [0.25, 0.3) is 0 Å². The van der Waals surface area contributed by atoms with Gasteiger partial charge in [-0.2, -0.15) is 0 Å². The zero-order valence-electron chi connectivity index (χ0n) is 11.9. The summed E-state index contributed by atoms with van der Waals surface area (Å²) < 4.78 is 0. The lowest BCUT2D eigenvalue weighted by Gasteiger charge is -2.40. The van der Waals surface area contributed by atoms with Gasteiger partial charge in [0.15, 0.2) is 0 Å². The van der Waals surface area contributed by atoms with E-state index >= 15 is 0 Å². The summed E-state index contributed by atoms with van der Waals surface area (Å²) in [7, 11) is 0. The van der Waals surface area contributed by atoms with Crippen LogP contribution in [0.5, 0.6) is 0 Å². The SMILES string of the molecule is CC(C)(CNC(=O)N1CC(=O)NC(=O)C1(C)C)C(=O)O. The molecule has 0 saturated carbocycles. The molecule has 1 aliphatic heterocycles. The van der Waals surface area contributed by atoms with Gasteiger partial charge in [-0.1, -0.05) is 0 Å². The largest absolute Gasteiger partial charge is 0.481 e. The Morgan fingerprint density at radius 2 is 1.95 bits per heavy atom. The first-order valence-corrected chi connectivity index (χ1v) is 6.11. The maximum absolute atomic E-state index is 12.1. The van der Waals surface area contributed by atoms with Crippen molar-refractivity contribution >= 4 is 23.8 Å². The summed E-state index contributed by atoms with van der Waals surface area (Å²) in [6, 6.07) is -0.646. The van der Waals surface area contributed by atoms with Crippen molar-refractivity contribution < 1.29 is 24.3 Å². The minimum absolute atomic E-state index is 0.108. The van der Waals surface area contributed by atoms with Gasteiger partial charge in [0.2, 0.25) is 5.91 Å². The number of amides is 4. The second-order valence-corrected chi connectivity index (χ2v) is 5.87. The highest BCUT2D eigenvalue weighted by Gasteiger charge is 2.44. The number of hydrogen-bond donors (Lipinski definition) is 3. The van der Waals surface area contributed by atoms with Crippen molar-refractivity contribution in [3.8, 4) is 0 Å². The average Bonchev–Trinajstić information content (AvgIpc) is 2.31. The molecule has 20 heavy (non-hydrogen) atoms. The van der Waals surface area contributed by atoms with Crippen molar-refractivity contribution in [2.45, 2.75) is 33.2 Å². The van der Waals surface area contributed by atoms with Crippen LogP contribution in [-0.4, -0.2) is 52.4 Å². The fourth-order valence-corrected chi connectivity index (χ4v) is 1.58. The first-order chi connectivity index (χ1) is 8.98. The van der Waals surface area contributed by atoms with Crippen LogP contribution in [0.15, 0.2) is 0 Å². The topological polar surface area (TPSA) is 116 Å². The van der Waals surface area contributed by atoms with Crippen LogP contribution >= 0.6 is 0 Å². The third kappa shape index (κ3) is 3.06. The molecule has 0 aromatic carbocycles. The molecule has 112 valence electrons. The molecule has 1 saturated heterocycles. The van der Waals surface area contributed by atoms with Gasteiger partial charge in [0.25, 0.3) is 5.91 Å². The van der Waals surface area contributed by atoms with E-state index in [1.54, 1.807) is 0 Å². The van der Waals surface area contributed by atoms with Crippen molar-refractivity contribution in [2.24, 2.45) is 5.41 Å². The molecule has 8 heteroatoms. The molecule has 0 unspecified atom stereocenters. The second kappa shape index (κ2) is 5.10. The quantitative estimate of drug-likeness (QED) is 0.607. The second-order valence-electron chi connectivity index (χ2n) is 5.87. The maximum atomic E-state index is 12.1. The van der Waals surface area contributed by atoms with Gasteiger partial charge in [-0.15, -0.1) is 0 Å². The number of urea groups is 1. The Balaban J connectivity index is 2.78. The number of piperazine rings is 1. The fourth-order valence-electron chi connectivity index (χ4n) is 1.58. The lowest BCUT2D eigenvalue weighted by Crippen LogP contribution is -2.67. The monoisotopic (exact) mass is 285 g/mol. The molecule has 0 aliphatic carbocycles. The Labute approximate surface area is 116 Å². The van der Waals surface area contributed by atoms with E-state index in [1.807, 2.05) is 0 Å². The van der Waals surface area contributed by atoms with Crippen molar-refractivity contribution in [2.75, 3.05) is 13.1 Å². The average molecular weight is 285 g/mol. The van der Waals surface area contributed by atoms with E-state index in [4.69, 9.17) is 5.11 Å². The summed E-state index contributed by atoms with van der Waals surface area (Å²) in [6.07, 6.45) is 0. The number of nitrogens with zero attached hydrogens (tertiary/aromatic N) is 1. The number of carbonyl (C=O) groups excluding carboxylic acids is 3. The van der Waals surface area contributed by atoms with E-state index in [0.717, 1.165) is 4.90 Å². The molecule has 1 fully saturated rings. The summed E-state index contributed by atoms with van der Waals surface area (Å²) in [6.45, 7) is 5.60. The fraction of sp³-hybridized carbons (Fsp3) is 0.667. The van der Waals surface area contributed by atoms with E-state index in [-0.39, 0.29) is 13.1 Å². The van der Waals surface area contributed by atoms with Crippen LogP contribution < -0.4 is 10.6 Å². The van der Waals surface area contributed by atoms with Gasteiger partial charge >= 0.3 is 12.0 Å². The van der Waals surface area contributed by atoms with E-state index < -0.39 is 34.8 Å². The zero-order valence-corrected chi connectivity index (χ0v) is 11.9. The van der Waals surface area contributed by atoms with Gasteiger partial charge in [-0.05, 0) is 27.7 Å². The number of carboxylic acid groups (broad SMARTS) is 1. The minimum atomic E-state index is -1.18. The molecule has 8 nitrogen and oxygen atoms in total. The summed E-state index contributed by atoms with van der Waals surface area (Å²) in [5, 5.41) is 13.6. The van der Waals surface area contributed by atoms with Crippen LogP contribution in [0, 0.1) is 5.41 Å². The first-order valence-electron chi connectivity index (χ1n) is 6.11. The molecule has 1 rings (SSSR count). The Morgan fingerprint density at radius 3 is 2.45 bits per heavy atom. The molecule has 1 aliphatic rings. The third-order valence-electron chi connectivity index (χ3n) is 3.29. The smallest absolute Gasteiger partial charge is 0.318 e. The number of hydrogen-bond acceptors (Lipinski definition) is 4. The molecular formula is C12H19N3O5.